The molecule has 0 radical (unpaired) electrons. The topological polar surface area (TPSA) is 24.9 Å². The van der Waals surface area contributed by atoms with E-state index >= 15 is 0 Å². The summed E-state index contributed by atoms with van der Waals surface area (Å²) in [5, 5.41) is 6.73. The molecule has 1 heterocycles. The first-order valence-electron chi connectivity index (χ1n) is 5.19. The van der Waals surface area contributed by atoms with Gasteiger partial charge in [0.05, 0.1) is 5.69 Å². The maximum Gasteiger partial charge on any atom is 0.107 e. The minimum absolute atomic E-state index is 0.180. The van der Waals surface area contributed by atoms with E-state index in [0.717, 1.165) is 13.1 Å². The Morgan fingerprint density at radius 1 is 1.43 bits per heavy atom. The Labute approximate surface area is 90.8 Å². The van der Waals surface area contributed by atoms with E-state index in [2.05, 4.69) is 43.4 Å². The first kappa shape index (κ1) is 11.7. The number of hydrogen-bond acceptors (Lipinski definition) is 3. The molecule has 1 aromatic heterocycles. The predicted molar refractivity (Wildman–Crippen MR) is 62.8 cm³/mol. The number of hydrogen-bond donors (Lipinski definition) is 1. The second-order valence-corrected chi connectivity index (χ2v) is 5.50. The summed E-state index contributed by atoms with van der Waals surface area (Å²) in [5.41, 5.74) is 1.38. The monoisotopic (exact) mass is 212 g/mol. The molecule has 0 aliphatic heterocycles. The molecule has 1 aromatic rings. The van der Waals surface area contributed by atoms with Gasteiger partial charge in [-0.1, -0.05) is 27.7 Å². The van der Waals surface area contributed by atoms with Gasteiger partial charge in [-0.15, -0.1) is 11.3 Å². The van der Waals surface area contributed by atoms with Crippen LogP contribution in [0, 0.1) is 0 Å². The molecule has 80 valence electrons. The van der Waals surface area contributed by atoms with Crippen LogP contribution in [-0.4, -0.2) is 11.5 Å². The second kappa shape index (κ2) is 4.89. The number of thiazole rings is 1. The van der Waals surface area contributed by atoms with Gasteiger partial charge in [0.15, 0.2) is 0 Å². The molecule has 2 nitrogen and oxygen atoms in total. The molecule has 0 fully saturated rings. The van der Waals surface area contributed by atoms with E-state index in [1.54, 1.807) is 11.3 Å². The molecule has 1 N–H and O–H groups in total. The van der Waals surface area contributed by atoms with Crippen molar-refractivity contribution in [2.75, 3.05) is 6.54 Å². The van der Waals surface area contributed by atoms with Crippen molar-refractivity contribution >= 4 is 11.3 Å². The van der Waals surface area contributed by atoms with Crippen LogP contribution in [0.2, 0.25) is 0 Å². The standard InChI is InChI=1S/C11H20N2S/c1-5-6-12-7-10-13-9(8-14-10)11(2,3)4/h8,12H,5-7H2,1-4H3. The number of rotatable bonds is 4. The van der Waals surface area contributed by atoms with Gasteiger partial charge in [-0.3, -0.25) is 0 Å². The summed E-state index contributed by atoms with van der Waals surface area (Å²) < 4.78 is 0. The number of nitrogens with zero attached hydrogens (tertiary/aromatic N) is 1. The molecule has 14 heavy (non-hydrogen) atoms. The zero-order valence-corrected chi connectivity index (χ0v) is 10.4. The van der Waals surface area contributed by atoms with Crippen molar-refractivity contribution in [2.45, 2.75) is 46.1 Å². The zero-order chi connectivity index (χ0) is 10.6. The highest BCUT2D eigenvalue weighted by molar-refractivity contribution is 7.09. The Morgan fingerprint density at radius 2 is 2.14 bits per heavy atom. The molecule has 0 aliphatic rings. The van der Waals surface area contributed by atoms with E-state index in [1.165, 1.54) is 17.1 Å². The molecule has 0 aromatic carbocycles. The Balaban J connectivity index is 2.51. The molecule has 0 spiro atoms. The van der Waals surface area contributed by atoms with Gasteiger partial charge in [0.1, 0.15) is 5.01 Å². The highest BCUT2D eigenvalue weighted by atomic mass is 32.1. The fourth-order valence-corrected chi connectivity index (χ4v) is 2.10. The molecule has 0 saturated heterocycles. The lowest BCUT2D eigenvalue weighted by atomic mass is 9.93. The van der Waals surface area contributed by atoms with Gasteiger partial charge in [0, 0.05) is 17.3 Å². The summed E-state index contributed by atoms with van der Waals surface area (Å²) in [5.74, 6) is 0. The van der Waals surface area contributed by atoms with Crippen LogP contribution in [0.15, 0.2) is 5.38 Å². The minimum atomic E-state index is 0.180. The van der Waals surface area contributed by atoms with Gasteiger partial charge in [-0.2, -0.15) is 0 Å². The molecule has 0 bridgehead atoms. The van der Waals surface area contributed by atoms with E-state index in [9.17, 15) is 0 Å². The lowest BCUT2D eigenvalue weighted by Gasteiger charge is -2.14. The summed E-state index contributed by atoms with van der Waals surface area (Å²) in [6.07, 6.45) is 1.18. The van der Waals surface area contributed by atoms with Crippen molar-refractivity contribution in [3.8, 4) is 0 Å². The van der Waals surface area contributed by atoms with Crippen LogP contribution in [0.4, 0.5) is 0 Å². The van der Waals surface area contributed by atoms with Crippen LogP contribution < -0.4 is 5.32 Å². The highest BCUT2D eigenvalue weighted by Crippen LogP contribution is 2.23. The van der Waals surface area contributed by atoms with Gasteiger partial charge < -0.3 is 5.32 Å². The van der Waals surface area contributed by atoms with Crippen LogP contribution in [0.1, 0.15) is 44.8 Å². The van der Waals surface area contributed by atoms with Crippen molar-refractivity contribution < 1.29 is 0 Å². The Kier molecular flexibility index (Phi) is 4.08. The summed E-state index contributed by atoms with van der Waals surface area (Å²) in [7, 11) is 0. The van der Waals surface area contributed by atoms with Crippen LogP contribution in [0.5, 0.6) is 0 Å². The average Bonchev–Trinajstić information content (AvgIpc) is 2.52. The smallest absolute Gasteiger partial charge is 0.107 e. The third kappa shape index (κ3) is 3.39. The SMILES string of the molecule is CCCNCc1nc(C(C)(C)C)cs1. The molecule has 0 aliphatic carbocycles. The molecular formula is C11H20N2S. The average molecular weight is 212 g/mol. The summed E-state index contributed by atoms with van der Waals surface area (Å²) in [6.45, 7) is 10.8. The maximum atomic E-state index is 4.61. The lowest BCUT2D eigenvalue weighted by molar-refractivity contribution is 0.568. The van der Waals surface area contributed by atoms with E-state index in [1.807, 2.05) is 0 Å². The van der Waals surface area contributed by atoms with Crippen molar-refractivity contribution in [3.63, 3.8) is 0 Å². The van der Waals surface area contributed by atoms with Gasteiger partial charge >= 0.3 is 0 Å². The van der Waals surface area contributed by atoms with E-state index in [4.69, 9.17) is 0 Å². The summed E-state index contributed by atoms with van der Waals surface area (Å²) >= 11 is 1.75. The van der Waals surface area contributed by atoms with Crippen LogP contribution in [-0.2, 0) is 12.0 Å². The Bertz CT molecular complexity index is 273. The van der Waals surface area contributed by atoms with Crippen molar-refractivity contribution in [1.82, 2.24) is 10.3 Å². The molecular weight excluding hydrogens is 192 g/mol. The molecule has 0 atom stereocenters. The number of aromatic nitrogens is 1. The first-order valence-corrected chi connectivity index (χ1v) is 6.07. The van der Waals surface area contributed by atoms with Gasteiger partial charge in [0.2, 0.25) is 0 Å². The first-order chi connectivity index (χ1) is 6.54. The predicted octanol–water partition coefficient (Wildman–Crippen LogP) is 2.94. The normalized spacial score (nSPS) is 12.0. The van der Waals surface area contributed by atoms with Gasteiger partial charge in [-0.05, 0) is 13.0 Å². The third-order valence-corrected chi connectivity index (χ3v) is 2.87. The largest absolute Gasteiger partial charge is 0.310 e. The quantitative estimate of drug-likeness (QED) is 0.776. The maximum absolute atomic E-state index is 4.61. The second-order valence-electron chi connectivity index (χ2n) is 4.55. The molecule has 0 saturated carbocycles. The Hall–Kier alpha value is -0.410. The van der Waals surface area contributed by atoms with E-state index < -0.39 is 0 Å². The van der Waals surface area contributed by atoms with Gasteiger partial charge in [-0.25, -0.2) is 4.98 Å². The van der Waals surface area contributed by atoms with Crippen LogP contribution in [0.25, 0.3) is 0 Å². The van der Waals surface area contributed by atoms with E-state index in [0.29, 0.717) is 0 Å². The fraction of sp³-hybridized carbons (Fsp3) is 0.727. The Morgan fingerprint density at radius 3 is 2.64 bits per heavy atom. The van der Waals surface area contributed by atoms with Crippen molar-refractivity contribution in [3.05, 3.63) is 16.1 Å². The molecule has 0 amide bonds. The number of nitrogens with one attached hydrogen (secondary N) is 1. The van der Waals surface area contributed by atoms with E-state index in [-0.39, 0.29) is 5.41 Å². The zero-order valence-electron chi connectivity index (χ0n) is 9.55. The van der Waals surface area contributed by atoms with Crippen LogP contribution in [0.3, 0.4) is 0 Å². The molecule has 0 unspecified atom stereocenters. The highest BCUT2D eigenvalue weighted by Gasteiger charge is 2.16. The minimum Gasteiger partial charge on any atom is -0.310 e. The lowest BCUT2D eigenvalue weighted by Crippen LogP contribution is -2.15. The molecule has 3 heteroatoms. The van der Waals surface area contributed by atoms with Gasteiger partial charge in [0.25, 0.3) is 0 Å². The fourth-order valence-electron chi connectivity index (χ4n) is 1.11. The third-order valence-electron chi connectivity index (χ3n) is 2.02. The van der Waals surface area contributed by atoms with Crippen molar-refractivity contribution in [2.24, 2.45) is 0 Å². The summed E-state index contributed by atoms with van der Waals surface area (Å²) in [6, 6.07) is 0. The van der Waals surface area contributed by atoms with Crippen molar-refractivity contribution in [1.29, 1.82) is 0 Å². The summed E-state index contributed by atoms with van der Waals surface area (Å²) in [4.78, 5) is 4.61. The molecule has 1 rings (SSSR count). The van der Waals surface area contributed by atoms with Crippen LogP contribution >= 0.6 is 11.3 Å².